The van der Waals surface area contributed by atoms with Crippen LogP contribution in [0.4, 0.5) is 0 Å². The van der Waals surface area contributed by atoms with E-state index in [4.69, 9.17) is 0 Å². The Balaban J connectivity index is 0.00000161. The Kier molecular flexibility index (Phi) is 10.5. The summed E-state index contributed by atoms with van der Waals surface area (Å²) in [4.78, 5) is 0. The Morgan fingerprint density at radius 1 is 0.548 bits per heavy atom. The van der Waals surface area contributed by atoms with E-state index >= 15 is 0 Å². The smallest absolute Gasteiger partial charge is 1.00 e. The first kappa shape index (κ1) is 34.3. The van der Waals surface area contributed by atoms with Gasteiger partial charge in [0.05, 0.1) is 5.41 Å². The van der Waals surface area contributed by atoms with Crippen molar-refractivity contribution in [2.75, 3.05) is 0 Å². The summed E-state index contributed by atoms with van der Waals surface area (Å²) in [7, 11) is 0. The van der Waals surface area contributed by atoms with Gasteiger partial charge in [-0.1, -0.05) is 157 Å². The van der Waals surface area contributed by atoms with Crippen molar-refractivity contribution in [2.24, 2.45) is 5.92 Å². The van der Waals surface area contributed by atoms with Crippen LogP contribution < -0.4 is 24.8 Å². The molecule has 0 fully saturated rings. The number of benzene rings is 4. The molecule has 0 nitrogen and oxygen atoms in total. The summed E-state index contributed by atoms with van der Waals surface area (Å²) in [6.45, 7) is 14.0. The first-order valence-corrected chi connectivity index (χ1v) is 14.4. The van der Waals surface area contributed by atoms with Crippen molar-refractivity contribution in [1.82, 2.24) is 0 Å². The quantitative estimate of drug-likeness (QED) is 0.255. The second-order valence-electron chi connectivity index (χ2n) is 13.4. The molecule has 0 bridgehead atoms. The predicted molar refractivity (Wildman–Crippen MR) is 167 cm³/mol. The maximum absolute atomic E-state index is 2.55. The number of rotatable bonds is 4. The monoisotopic (exact) mass is 668 g/mol. The molecule has 0 saturated carbocycles. The Hall–Kier alpha value is -2.18. The summed E-state index contributed by atoms with van der Waals surface area (Å²) < 4.78 is 0. The van der Waals surface area contributed by atoms with Crippen molar-refractivity contribution >= 4 is 0 Å². The van der Waals surface area contributed by atoms with Crippen LogP contribution in [0, 0.1) is 5.92 Å². The van der Waals surface area contributed by atoms with Crippen molar-refractivity contribution in [3.63, 3.8) is 0 Å². The van der Waals surface area contributed by atoms with Crippen molar-refractivity contribution in [2.45, 2.75) is 64.2 Å². The molecule has 0 N–H and O–H groups in total. The molecule has 4 aromatic rings. The van der Waals surface area contributed by atoms with Gasteiger partial charge >= 0.3 is 26.2 Å². The molecule has 0 amide bonds. The van der Waals surface area contributed by atoms with Gasteiger partial charge in [-0.05, 0) is 67.3 Å². The number of hydrogen-bond acceptors (Lipinski definition) is 0. The largest absolute Gasteiger partial charge is 2.00 e. The molecule has 0 spiro atoms. The minimum absolute atomic E-state index is 0. The standard InChI is InChI=1S/C39H40.2ClH.Zr/c1-37(2,3)31-22-21-27-23-35-34(33(27)24-31)25-32(38(4,5)6)26-36(35)39(30-19-13-14-20-30,28-15-9-7-10-16-28)29-17-11-8-12-18-29;;;/h7-22,24-26,30H,23H2,1-6H3;2*1H;/q;;;+2/p-2. The molecule has 42 heavy (non-hydrogen) atoms. The van der Waals surface area contributed by atoms with Gasteiger partial charge in [-0.3, -0.25) is 0 Å². The third-order valence-electron chi connectivity index (χ3n) is 8.88. The van der Waals surface area contributed by atoms with Gasteiger partial charge in [0, 0.05) is 5.92 Å². The molecule has 214 valence electrons. The molecule has 0 saturated heterocycles. The Morgan fingerprint density at radius 2 is 1.05 bits per heavy atom. The third kappa shape index (κ3) is 5.83. The van der Waals surface area contributed by atoms with Crippen molar-refractivity contribution in [3.8, 4) is 11.1 Å². The summed E-state index contributed by atoms with van der Waals surface area (Å²) >= 11 is 0. The van der Waals surface area contributed by atoms with Gasteiger partial charge < -0.3 is 24.8 Å². The first-order valence-electron chi connectivity index (χ1n) is 14.4. The summed E-state index contributed by atoms with van der Waals surface area (Å²) in [5.74, 6) is 0.218. The molecule has 0 atom stereocenters. The van der Waals surface area contributed by atoms with Gasteiger partial charge in [-0.2, -0.15) is 0 Å². The summed E-state index contributed by atoms with van der Waals surface area (Å²) in [5.41, 5.74) is 12.5. The fourth-order valence-electron chi connectivity index (χ4n) is 6.69. The van der Waals surface area contributed by atoms with E-state index in [-0.39, 0.29) is 73.2 Å². The average Bonchev–Trinajstić information content (AvgIpc) is 3.58. The molecule has 6 rings (SSSR count). The SMILES string of the molecule is CC(C)(C)c1ccc2c(c1)-c1cc(C(C)(C)C)cc(C(c3ccccc3)(c3ccccc3)C3C=CC=C3)c1C2.[Cl-].[Cl-].[Zr+2]. The number of hydrogen-bond donors (Lipinski definition) is 0. The number of halogens is 2. The fraction of sp³-hybridized carbons (Fsp3) is 0.282. The molecule has 2 aliphatic rings. The zero-order chi connectivity index (χ0) is 27.4. The van der Waals surface area contributed by atoms with Crippen molar-refractivity contribution in [1.29, 1.82) is 0 Å². The number of fused-ring (bicyclic) bond motifs is 3. The summed E-state index contributed by atoms with van der Waals surface area (Å²) in [6.07, 6.45) is 10.2. The van der Waals surface area contributed by atoms with Gasteiger partial charge in [0.25, 0.3) is 0 Å². The second-order valence-corrected chi connectivity index (χ2v) is 13.4. The van der Waals surface area contributed by atoms with E-state index in [9.17, 15) is 0 Å². The normalized spacial score (nSPS) is 14.0. The molecule has 2 aliphatic carbocycles. The molecule has 0 aliphatic heterocycles. The number of allylic oxidation sites excluding steroid dienone is 4. The molecule has 3 heteroatoms. The molecule has 0 aromatic heterocycles. The Morgan fingerprint density at radius 3 is 1.55 bits per heavy atom. The maximum atomic E-state index is 2.55. The van der Waals surface area contributed by atoms with Gasteiger partial charge in [0.15, 0.2) is 0 Å². The molecule has 0 heterocycles. The molecule has 0 radical (unpaired) electrons. The first-order chi connectivity index (χ1) is 18.6. The van der Waals surface area contributed by atoms with E-state index < -0.39 is 0 Å². The van der Waals surface area contributed by atoms with Gasteiger partial charge in [-0.15, -0.1) is 0 Å². The predicted octanol–water partition coefficient (Wildman–Crippen LogP) is 3.93. The summed E-state index contributed by atoms with van der Waals surface area (Å²) in [5, 5.41) is 0. The maximum Gasteiger partial charge on any atom is 2.00 e. The van der Waals surface area contributed by atoms with Crippen LogP contribution >= 0.6 is 0 Å². The van der Waals surface area contributed by atoms with Crippen molar-refractivity contribution < 1.29 is 51.0 Å². The third-order valence-corrected chi connectivity index (χ3v) is 8.88. The minimum atomic E-state index is -0.341. The van der Waals surface area contributed by atoms with E-state index in [1.165, 1.54) is 50.1 Å². The van der Waals surface area contributed by atoms with Crippen LogP contribution in [0.5, 0.6) is 0 Å². The van der Waals surface area contributed by atoms with E-state index in [0.29, 0.717) is 0 Å². The van der Waals surface area contributed by atoms with Gasteiger partial charge in [0.1, 0.15) is 0 Å². The van der Waals surface area contributed by atoms with Crippen LogP contribution in [-0.4, -0.2) is 0 Å². The zero-order valence-electron chi connectivity index (χ0n) is 25.5. The Labute approximate surface area is 284 Å². The van der Waals surface area contributed by atoms with Crippen LogP contribution in [0.25, 0.3) is 11.1 Å². The van der Waals surface area contributed by atoms with Crippen LogP contribution in [0.15, 0.2) is 115 Å². The van der Waals surface area contributed by atoms with E-state index in [1.54, 1.807) is 0 Å². The molecule has 4 aromatic carbocycles. The zero-order valence-corrected chi connectivity index (χ0v) is 29.5. The Bertz CT molecular complexity index is 1530. The molecule has 0 unspecified atom stereocenters. The van der Waals surface area contributed by atoms with Crippen LogP contribution in [0.3, 0.4) is 0 Å². The molecular formula is C39H40Cl2Zr. The van der Waals surface area contributed by atoms with Crippen LogP contribution in [0.1, 0.15) is 80.5 Å². The average molecular weight is 671 g/mol. The van der Waals surface area contributed by atoms with Crippen LogP contribution in [-0.2, 0) is 48.9 Å². The van der Waals surface area contributed by atoms with E-state index in [2.05, 4.69) is 157 Å². The molecular weight excluding hydrogens is 631 g/mol. The topological polar surface area (TPSA) is 0 Å². The minimum Gasteiger partial charge on any atom is -1.00 e. The van der Waals surface area contributed by atoms with Gasteiger partial charge in [-0.25, -0.2) is 0 Å². The van der Waals surface area contributed by atoms with E-state index in [1.807, 2.05) is 0 Å². The van der Waals surface area contributed by atoms with Crippen LogP contribution in [0.2, 0.25) is 0 Å². The second kappa shape index (κ2) is 12.8. The fourth-order valence-corrected chi connectivity index (χ4v) is 6.69. The van der Waals surface area contributed by atoms with E-state index in [0.717, 1.165) is 6.42 Å². The van der Waals surface area contributed by atoms with Crippen molar-refractivity contribution in [3.05, 3.63) is 154 Å². The summed E-state index contributed by atoms with van der Waals surface area (Å²) in [6, 6.07) is 34.7. The van der Waals surface area contributed by atoms with Gasteiger partial charge in [0.2, 0.25) is 0 Å².